The number of hydrogen-bond acceptors (Lipinski definition) is 6. The lowest BCUT2D eigenvalue weighted by molar-refractivity contribution is -0.384. The Balaban J connectivity index is 0.000000433. The Morgan fingerprint density at radius 2 is 1.95 bits per heavy atom. The SMILES string of the molecule is CC(C)OP(O)(O)=S.O=C(O)c1ccc([N+](=O)[O-])cc1O. The van der Waals surface area contributed by atoms with E-state index in [1.54, 1.807) is 13.8 Å². The van der Waals surface area contributed by atoms with Crippen molar-refractivity contribution in [2.45, 2.75) is 20.0 Å². The molecule has 4 N–H and O–H groups in total. The van der Waals surface area contributed by atoms with Gasteiger partial charge in [-0.2, -0.15) is 0 Å². The minimum Gasteiger partial charge on any atom is -0.507 e. The van der Waals surface area contributed by atoms with Crippen molar-refractivity contribution in [1.29, 1.82) is 0 Å². The maximum absolute atomic E-state index is 10.4. The Bertz CT molecular complexity index is 570. The number of benzene rings is 1. The van der Waals surface area contributed by atoms with E-state index < -0.39 is 23.4 Å². The van der Waals surface area contributed by atoms with Gasteiger partial charge in [0, 0.05) is 6.07 Å². The van der Waals surface area contributed by atoms with Crippen LogP contribution in [-0.2, 0) is 16.3 Å². The first-order chi connectivity index (χ1) is 9.44. The Morgan fingerprint density at radius 3 is 2.19 bits per heavy atom. The van der Waals surface area contributed by atoms with Crippen LogP contribution in [-0.4, -0.2) is 37.0 Å². The van der Waals surface area contributed by atoms with Gasteiger partial charge < -0.3 is 24.5 Å². The van der Waals surface area contributed by atoms with Gasteiger partial charge in [-0.05, 0) is 31.7 Å². The second kappa shape index (κ2) is 8.01. The van der Waals surface area contributed by atoms with Crippen LogP contribution in [0.5, 0.6) is 5.75 Å². The summed E-state index contributed by atoms with van der Waals surface area (Å²) in [5.41, 5.74) is -0.701. The molecule has 0 aliphatic heterocycles. The third-order valence-corrected chi connectivity index (χ3v) is 2.73. The number of rotatable bonds is 4. The van der Waals surface area contributed by atoms with Crippen LogP contribution < -0.4 is 0 Å². The van der Waals surface area contributed by atoms with E-state index in [1.807, 2.05) is 0 Å². The van der Waals surface area contributed by atoms with Crippen LogP contribution in [0.2, 0.25) is 0 Å². The fourth-order valence-corrected chi connectivity index (χ4v) is 2.15. The van der Waals surface area contributed by atoms with Crippen LogP contribution in [0.25, 0.3) is 0 Å². The summed E-state index contributed by atoms with van der Waals surface area (Å²) >= 11 is 4.16. The number of nitrogens with zero attached hydrogens (tertiary/aromatic N) is 1. The van der Waals surface area contributed by atoms with Crippen molar-refractivity contribution < 1.29 is 34.2 Å². The topological polar surface area (TPSA) is 150 Å². The quantitative estimate of drug-likeness (QED) is 0.364. The number of aromatic carboxylic acids is 1. The van der Waals surface area contributed by atoms with Crippen molar-refractivity contribution in [3.8, 4) is 5.75 Å². The zero-order valence-corrected chi connectivity index (χ0v) is 12.7. The van der Waals surface area contributed by atoms with Crippen LogP contribution in [0.4, 0.5) is 5.69 Å². The van der Waals surface area contributed by atoms with Gasteiger partial charge in [0.1, 0.15) is 11.3 Å². The molecule has 0 unspecified atom stereocenters. The molecule has 11 heteroatoms. The molecule has 1 aromatic rings. The molecule has 0 bridgehead atoms. The number of carbonyl (C=O) groups is 1. The molecular weight excluding hydrogens is 325 g/mol. The van der Waals surface area contributed by atoms with Crippen molar-refractivity contribution in [1.82, 2.24) is 0 Å². The van der Waals surface area contributed by atoms with E-state index in [2.05, 4.69) is 16.3 Å². The molecule has 0 aliphatic carbocycles. The van der Waals surface area contributed by atoms with Crippen LogP contribution in [0.15, 0.2) is 18.2 Å². The third-order valence-electron chi connectivity index (χ3n) is 1.77. The largest absolute Gasteiger partial charge is 0.507 e. The first kappa shape index (κ1) is 19.4. The number of non-ortho nitro benzene ring substituents is 1. The maximum Gasteiger partial charge on any atom is 0.339 e. The van der Waals surface area contributed by atoms with Gasteiger partial charge in [0.25, 0.3) is 5.69 Å². The van der Waals surface area contributed by atoms with Crippen LogP contribution in [0, 0.1) is 10.1 Å². The Hall–Kier alpha value is -1.58. The zero-order chi connectivity index (χ0) is 16.8. The van der Waals surface area contributed by atoms with E-state index in [0.717, 1.165) is 18.2 Å². The summed E-state index contributed by atoms with van der Waals surface area (Å²) < 4.78 is 4.47. The molecule has 1 rings (SSSR count). The number of phenols is 1. The van der Waals surface area contributed by atoms with Gasteiger partial charge in [-0.25, -0.2) is 4.79 Å². The highest BCUT2D eigenvalue weighted by Crippen LogP contribution is 2.37. The minimum absolute atomic E-state index is 0.212. The fraction of sp³-hybridized carbons (Fsp3) is 0.300. The first-order valence-electron chi connectivity index (χ1n) is 5.38. The molecule has 0 saturated carbocycles. The van der Waals surface area contributed by atoms with E-state index >= 15 is 0 Å². The molecule has 0 heterocycles. The normalized spacial score (nSPS) is 10.7. The third kappa shape index (κ3) is 8.33. The molecule has 0 atom stereocenters. The monoisotopic (exact) mass is 339 g/mol. The average Bonchev–Trinajstić information content (AvgIpc) is 2.25. The number of nitro benzene ring substituents is 1. The fourth-order valence-electron chi connectivity index (χ4n) is 1.09. The highest BCUT2D eigenvalue weighted by Gasteiger charge is 2.14. The maximum atomic E-state index is 10.4. The predicted molar refractivity (Wildman–Crippen MR) is 76.7 cm³/mol. The lowest BCUT2D eigenvalue weighted by atomic mass is 10.2. The summed E-state index contributed by atoms with van der Waals surface area (Å²) in [6.45, 7) is -0.0125. The summed E-state index contributed by atoms with van der Waals surface area (Å²) in [4.78, 5) is 36.7. The molecule has 0 amide bonds. The molecule has 0 aromatic heterocycles. The van der Waals surface area contributed by atoms with Gasteiger partial charge in [-0.15, -0.1) is 0 Å². The van der Waals surface area contributed by atoms with Crippen molar-refractivity contribution in [2.75, 3.05) is 0 Å². The van der Waals surface area contributed by atoms with Crippen molar-refractivity contribution in [2.24, 2.45) is 0 Å². The van der Waals surface area contributed by atoms with Gasteiger partial charge in [-0.1, -0.05) is 0 Å². The predicted octanol–water partition coefficient (Wildman–Crippen LogP) is 1.62. The molecule has 0 aliphatic rings. The van der Waals surface area contributed by atoms with E-state index in [4.69, 9.17) is 20.0 Å². The van der Waals surface area contributed by atoms with E-state index in [9.17, 15) is 14.9 Å². The Morgan fingerprint density at radius 1 is 1.43 bits per heavy atom. The second-order valence-electron chi connectivity index (χ2n) is 3.91. The van der Waals surface area contributed by atoms with Gasteiger partial charge >= 0.3 is 12.7 Å². The van der Waals surface area contributed by atoms with Gasteiger partial charge in [-0.3, -0.25) is 10.1 Å². The summed E-state index contributed by atoms with van der Waals surface area (Å²) in [6.07, 6.45) is -0.212. The molecule has 118 valence electrons. The van der Waals surface area contributed by atoms with Crippen molar-refractivity contribution in [3.05, 3.63) is 33.9 Å². The number of carboxylic acids is 1. The first-order valence-corrected chi connectivity index (χ1v) is 8.01. The van der Waals surface area contributed by atoms with Crippen LogP contribution >= 0.6 is 6.72 Å². The van der Waals surface area contributed by atoms with E-state index in [0.29, 0.717) is 0 Å². The number of aromatic hydroxyl groups is 1. The lowest BCUT2D eigenvalue weighted by Gasteiger charge is -2.10. The average molecular weight is 339 g/mol. The summed E-state index contributed by atoms with van der Waals surface area (Å²) in [7, 11) is 0. The Kier molecular flexibility index (Phi) is 7.41. The summed E-state index contributed by atoms with van der Waals surface area (Å²) in [6, 6.07) is 2.79. The minimum atomic E-state index is -3.39. The molecule has 9 nitrogen and oxygen atoms in total. The summed E-state index contributed by atoms with van der Waals surface area (Å²) in [5, 5.41) is 27.7. The number of hydrogen-bond donors (Lipinski definition) is 4. The zero-order valence-electron chi connectivity index (χ0n) is 11.0. The van der Waals surface area contributed by atoms with Crippen LogP contribution in [0.3, 0.4) is 0 Å². The van der Waals surface area contributed by atoms with Gasteiger partial charge in [0.15, 0.2) is 0 Å². The highest BCUT2D eigenvalue weighted by molar-refractivity contribution is 8.06. The molecule has 0 spiro atoms. The smallest absolute Gasteiger partial charge is 0.339 e. The highest BCUT2D eigenvalue weighted by atomic mass is 32.5. The molecule has 0 saturated heterocycles. The molecule has 0 fully saturated rings. The molecular formula is C10H14NO8PS. The van der Waals surface area contributed by atoms with Crippen LogP contribution in [0.1, 0.15) is 24.2 Å². The standard InChI is InChI=1S/C7H5NO5.C3H9O3PS/c9-6-3-4(8(12)13)1-2-5(6)7(10)11;1-3(2)6-7(4,5)8/h1-3,9H,(H,10,11);3H,1-2H3,(H2,4,5,8). The number of nitro groups is 1. The molecule has 1 aromatic carbocycles. The molecule has 21 heavy (non-hydrogen) atoms. The van der Waals surface area contributed by atoms with E-state index in [1.165, 1.54) is 0 Å². The van der Waals surface area contributed by atoms with Gasteiger partial charge in [0.05, 0.1) is 17.1 Å². The Labute approximate surface area is 124 Å². The molecule has 0 radical (unpaired) electrons. The van der Waals surface area contributed by atoms with Gasteiger partial charge in [0.2, 0.25) is 0 Å². The lowest BCUT2D eigenvalue weighted by Crippen LogP contribution is -1.98. The van der Waals surface area contributed by atoms with E-state index in [-0.39, 0.29) is 17.4 Å². The number of carboxylic acid groups (broad SMARTS) is 1. The second-order valence-corrected chi connectivity index (χ2v) is 6.53. The van der Waals surface area contributed by atoms with Crippen molar-refractivity contribution in [3.63, 3.8) is 0 Å². The summed E-state index contributed by atoms with van der Waals surface area (Å²) in [5.74, 6) is -1.94. The van der Waals surface area contributed by atoms with Crippen molar-refractivity contribution >= 4 is 30.2 Å².